The molecule has 5 nitrogen and oxygen atoms in total. The largest absolute Gasteiger partial charge is 0.497 e. The summed E-state index contributed by atoms with van der Waals surface area (Å²) in [7, 11) is 1.56. The molecule has 1 heterocycles. The zero-order chi connectivity index (χ0) is 18.5. The van der Waals surface area contributed by atoms with Crippen LogP contribution >= 0.6 is 23.2 Å². The van der Waals surface area contributed by atoms with Crippen LogP contribution in [-0.4, -0.2) is 19.2 Å². The van der Waals surface area contributed by atoms with E-state index in [1.165, 1.54) is 6.21 Å². The van der Waals surface area contributed by atoms with Crippen LogP contribution < -0.4 is 10.2 Å². The van der Waals surface area contributed by atoms with Crippen LogP contribution in [-0.2, 0) is 0 Å². The van der Waals surface area contributed by atoms with Gasteiger partial charge in [0.2, 0.25) is 0 Å². The average Bonchev–Trinajstić information content (AvgIpc) is 3.12. The van der Waals surface area contributed by atoms with Crippen molar-refractivity contribution in [2.24, 2.45) is 5.10 Å². The number of hydrazone groups is 1. The van der Waals surface area contributed by atoms with Gasteiger partial charge >= 0.3 is 0 Å². The minimum Gasteiger partial charge on any atom is -0.497 e. The first-order chi connectivity index (χ1) is 12.6. The van der Waals surface area contributed by atoms with Crippen molar-refractivity contribution < 1.29 is 13.9 Å². The summed E-state index contributed by atoms with van der Waals surface area (Å²) < 4.78 is 10.7. The van der Waals surface area contributed by atoms with Gasteiger partial charge in [-0.3, -0.25) is 4.79 Å². The summed E-state index contributed by atoms with van der Waals surface area (Å²) in [6, 6.07) is 15.5. The fourth-order valence-electron chi connectivity index (χ4n) is 2.22. The Morgan fingerprint density at radius 2 is 1.88 bits per heavy atom. The summed E-state index contributed by atoms with van der Waals surface area (Å²) >= 11 is 12.2. The van der Waals surface area contributed by atoms with Gasteiger partial charge in [0, 0.05) is 11.1 Å². The Labute approximate surface area is 160 Å². The molecule has 132 valence electrons. The molecule has 0 aliphatic rings. The molecule has 1 amide bonds. The molecule has 2 aromatic carbocycles. The topological polar surface area (TPSA) is 63.8 Å². The molecule has 0 saturated carbocycles. The molecule has 0 fully saturated rings. The van der Waals surface area contributed by atoms with Gasteiger partial charge in [0.05, 0.1) is 23.4 Å². The van der Waals surface area contributed by atoms with E-state index in [4.69, 9.17) is 32.4 Å². The Morgan fingerprint density at radius 1 is 1.12 bits per heavy atom. The van der Waals surface area contributed by atoms with Gasteiger partial charge in [0.25, 0.3) is 5.91 Å². The molecule has 0 atom stereocenters. The van der Waals surface area contributed by atoms with E-state index in [9.17, 15) is 4.79 Å². The number of halogens is 2. The first-order valence-electron chi connectivity index (χ1n) is 7.60. The molecule has 1 N–H and O–H groups in total. The summed E-state index contributed by atoms with van der Waals surface area (Å²) in [5.74, 6) is 1.35. The van der Waals surface area contributed by atoms with E-state index in [1.807, 2.05) is 0 Å². The number of hydrogen-bond donors (Lipinski definition) is 1. The van der Waals surface area contributed by atoms with Crippen molar-refractivity contribution in [3.8, 4) is 17.1 Å². The molecule has 3 rings (SSSR count). The third-order valence-corrected chi connectivity index (χ3v) is 4.37. The van der Waals surface area contributed by atoms with Crippen LogP contribution in [0.25, 0.3) is 11.3 Å². The average molecular weight is 389 g/mol. The second kappa shape index (κ2) is 8.08. The third-order valence-electron chi connectivity index (χ3n) is 3.55. The lowest BCUT2D eigenvalue weighted by atomic mass is 10.2. The number of nitrogens with zero attached hydrogens (tertiary/aromatic N) is 1. The normalized spacial score (nSPS) is 10.9. The highest BCUT2D eigenvalue weighted by Gasteiger charge is 2.10. The highest BCUT2D eigenvalue weighted by atomic mass is 35.5. The molecule has 0 saturated heterocycles. The summed E-state index contributed by atoms with van der Waals surface area (Å²) in [5, 5.41) is 4.76. The smallest absolute Gasteiger partial charge is 0.271 e. The monoisotopic (exact) mass is 388 g/mol. The SMILES string of the molecule is COc1ccc(C(=O)N/N=C\c2ccc(-c3cccc(Cl)c3Cl)o2)cc1. The van der Waals surface area contributed by atoms with Crippen LogP contribution in [0.4, 0.5) is 0 Å². The van der Waals surface area contributed by atoms with Crippen molar-refractivity contribution in [1.82, 2.24) is 5.43 Å². The summed E-state index contributed by atoms with van der Waals surface area (Å²) in [5.41, 5.74) is 3.58. The molecule has 1 aromatic heterocycles. The molecule has 7 heteroatoms. The fourth-order valence-corrected chi connectivity index (χ4v) is 2.62. The van der Waals surface area contributed by atoms with Crippen molar-refractivity contribution in [3.05, 3.63) is 76.0 Å². The Morgan fingerprint density at radius 3 is 2.62 bits per heavy atom. The fraction of sp³-hybridized carbons (Fsp3) is 0.0526. The molecular formula is C19H14Cl2N2O3. The van der Waals surface area contributed by atoms with Gasteiger partial charge in [-0.15, -0.1) is 0 Å². The molecular weight excluding hydrogens is 375 g/mol. The highest BCUT2D eigenvalue weighted by molar-refractivity contribution is 6.43. The first-order valence-corrected chi connectivity index (χ1v) is 8.36. The van der Waals surface area contributed by atoms with E-state index in [0.717, 1.165) is 0 Å². The van der Waals surface area contributed by atoms with Gasteiger partial charge in [-0.1, -0.05) is 29.3 Å². The molecule has 0 radical (unpaired) electrons. The highest BCUT2D eigenvalue weighted by Crippen LogP contribution is 2.34. The lowest BCUT2D eigenvalue weighted by Gasteiger charge is -2.02. The predicted octanol–water partition coefficient (Wildman–Crippen LogP) is 5.03. The van der Waals surface area contributed by atoms with E-state index in [0.29, 0.717) is 38.4 Å². The van der Waals surface area contributed by atoms with Crippen LogP contribution in [0.3, 0.4) is 0 Å². The number of ether oxygens (including phenoxy) is 1. The Balaban J connectivity index is 1.67. The second-order valence-corrected chi connectivity index (χ2v) is 6.02. The lowest BCUT2D eigenvalue weighted by Crippen LogP contribution is -2.17. The molecule has 0 spiro atoms. The Hall–Kier alpha value is -2.76. The number of benzene rings is 2. The molecule has 0 bridgehead atoms. The zero-order valence-corrected chi connectivity index (χ0v) is 15.2. The third kappa shape index (κ3) is 4.07. The van der Waals surface area contributed by atoms with Crippen LogP contribution in [0.15, 0.2) is 64.1 Å². The number of rotatable bonds is 5. The minimum absolute atomic E-state index is 0.339. The Bertz CT molecular complexity index is 950. The molecule has 0 aliphatic heterocycles. The minimum atomic E-state index is -0.339. The van der Waals surface area contributed by atoms with Crippen molar-refractivity contribution in [2.75, 3.05) is 7.11 Å². The number of hydrogen-bond acceptors (Lipinski definition) is 4. The van der Waals surface area contributed by atoms with E-state index < -0.39 is 0 Å². The zero-order valence-electron chi connectivity index (χ0n) is 13.7. The van der Waals surface area contributed by atoms with Crippen LogP contribution in [0.2, 0.25) is 10.0 Å². The van der Waals surface area contributed by atoms with E-state index in [2.05, 4.69) is 10.5 Å². The van der Waals surface area contributed by atoms with Crippen molar-refractivity contribution >= 4 is 35.3 Å². The van der Waals surface area contributed by atoms with Crippen LogP contribution in [0, 0.1) is 0 Å². The van der Waals surface area contributed by atoms with Gasteiger partial charge in [0.15, 0.2) is 0 Å². The van der Waals surface area contributed by atoms with E-state index in [-0.39, 0.29) is 5.91 Å². The number of nitrogens with one attached hydrogen (secondary N) is 1. The maximum absolute atomic E-state index is 12.0. The molecule has 3 aromatic rings. The van der Waals surface area contributed by atoms with E-state index >= 15 is 0 Å². The van der Waals surface area contributed by atoms with Crippen molar-refractivity contribution in [3.63, 3.8) is 0 Å². The maximum Gasteiger partial charge on any atom is 0.271 e. The van der Waals surface area contributed by atoms with E-state index in [1.54, 1.807) is 61.7 Å². The van der Waals surface area contributed by atoms with Gasteiger partial charge in [0.1, 0.15) is 17.3 Å². The number of amides is 1. The molecule has 0 unspecified atom stereocenters. The molecule has 26 heavy (non-hydrogen) atoms. The summed E-state index contributed by atoms with van der Waals surface area (Å²) in [6.45, 7) is 0. The standard InChI is InChI=1S/C19H14Cl2N2O3/c1-25-13-7-5-12(6-8-13)19(24)23-22-11-14-9-10-17(26-14)15-3-2-4-16(20)18(15)21/h2-11H,1H3,(H,23,24)/b22-11-. The summed E-state index contributed by atoms with van der Waals surface area (Å²) in [4.78, 5) is 12.0. The van der Waals surface area contributed by atoms with Gasteiger partial charge in [-0.25, -0.2) is 5.43 Å². The van der Waals surface area contributed by atoms with Crippen molar-refractivity contribution in [2.45, 2.75) is 0 Å². The second-order valence-electron chi connectivity index (χ2n) is 5.23. The number of methoxy groups -OCH3 is 1. The Kier molecular flexibility index (Phi) is 5.61. The predicted molar refractivity (Wildman–Crippen MR) is 102 cm³/mol. The lowest BCUT2D eigenvalue weighted by molar-refractivity contribution is 0.0955. The van der Waals surface area contributed by atoms with Crippen LogP contribution in [0.1, 0.15) is 16.1 Å². The first kappa shape index (κ1) is 18.0. The van der Waals surface area contributed by atoms with Crippen molar-refractivity contribution in [1.29, 1.82) is 0 Å². The number of carbonyl (C=O) groups is 1. The van der Waals surface area contributed by atoms with Crippen LogP contribution in [0.5, 0.6) is 5.75 Å². The quantitative estimate of drug-likeness (QED) is 0.492. The molecule has 0 aliphatic carbocycles. The van der Waals surface area contributed by atoms with Gasteiger partial charge in [-0.05, 0) is 48.5 Å². The van der Waals surface area contributed by atoms with Gasteiger partial charge < -0.3 is 9.15 Å². The van der Waals surface area contributed by atoms with Gasteiger partial charge in [-0.2, -0.15) is 5.10 Å². The number of furan rings is 1. The maximum atomic E-state index is 12.0. The number of carbonyl (C=O) groups excluding carboxylic acids is 1. The summed E-state index contributed by atoms with van der Waals surface area (Å²) in [6.07, 6.45) is 1.41.